The molecule has 0 amide bonds. The molecule has 2 aromatic rings. The van der Waals surface area contributed by atoms with E-state index in [0.717, 1.165) is 25.3 Å². The fourth-order valence-corrected chi connectivity index (χ4v) is 3.12. The van der Waals surface area contributed by atoms with Crippen LogP contribution in [0.5, 0.6) is 5.75 Å². The van der Waals surface area contributed by atoms with Crippen LogP contribution in [-0.2, 0) is 13.0 Å². The number of ether oxygens (including phenoxy) is 1. The van der Waals surface area contributed by atoms with Gasteiger partial charge in [0.15, 0.2) is 11.6 Å². The van der Waals surface area contributed by atoms with Crippen molar-refractivity contribution in [2.24, 2.45) is 0 Å². The van der Waals surface area contributed by atoms with E-state index in [1.165, 1.54) is 16.8 Å². The highest BCUT2D eigenvalue weighted by atomic mass is 32.1. The average molecular weight is 262 g/mol. The van der Waals surface area contributed by atoms with Crippen molar-refractivity contribution < 1.29 is 4.74 Å². The van der Waals surface area contributed by atoms with Crippen molar-refractivity contribution in [3.8, 4) is 5.75 Å². The van der Waals surface area contributed by atoms with Crippen LogP contribution in [0.25, 0.3) is 0 Å². The molecule has 2 N–H and O–H groups in total. The quantitative estimate of drug-likeness (QED) is 0.892. The second-order valence-electron chi connectivity index (χ2n) is 4.16. The summed E-state index contributed by atoms with van der Waals surface area (Å²) in [5, 5.41) is 2.14. The lowest BCUT2D eigenvalue weighted by atomic mass is 10.1. The van der Waals surface area contributed by atoms with Gasteiger partial charge in [0.2, 0.25) is 5.75 Å². The van der Waals surface area contributed by atoms with E-state index in [9.17, 15) is 0 Å². The third kappa shape index (κ3) is 1.78. The Labute approximate surface area is 109 Å². The van der Waals surface area contributed by atoms with Crippen molar-refractivity contribution in [1.82, 2.24) is 9.97 Å². The maximum absolute atomic E-state index is 5.81. The van der Waals surface area contributed by atoms with Gasteiger partial charge in [0, 0.05) is 18.0 Å². The first-order chi connectivity index (χ1) is 8.79. The second-order valence-corrected chi connectivity index (χ2v) is 5.16. The van der Waals surface area contributed by atoms with Gasteiger partial charge >= 0.3 is 0 Å². The van der Waals surface area contributed by atoms with Crippen molar-refractivity contribution in [1.29, 1.82) is 0 Å². The summed E-state index contributed by atoms with van der Waals surface area (Å²) in [6, 6.07) is 2.17. The highest BCUT2D eigenvalue weighted by Gasteiger charge is 2.22. The van der Waals surface area contributed by atoms with E-state index in [0.29, 0.717) is 11.6 Å². The molecule has 18 heavy (non-hydrogen) atoms. The van der Waals surface area contributed by atoms with Gasteiger partial charge in [-0.2, -0.15) is 0 Å². The number of nitrogens with zero attached hydrogens (tertiary/aromatic N) is 3. The lowest BCUT2D eigenvalue weighted by molar-refractivity contribution is 0.412. The molecule has 0 saturated carbocycles. The van der Waals surface area contributed by atoms with E-state index in [4.69, 9.17) is 10.5 Å². The zero-order valence-electron chi connectivity index (χ0n) is 10.1. The van der Waals surface area contributed by atoms with Gasteiger partial charge in [-0.15, -0.1) is 11.3 Å². The number of hydrogen-bond acceptors (Lipinski definition) is 6. The molecule has 0 spiro atoms. The number of nitrogens with two attached hydrogens (primary N) is 1. The van der Waals surface area contributed by atoms with Gasteiger partial charge < -0.3 is 15.4 Å². The van der Waals surface area contributed by atoms with Crippen LogP contribution in [0.4, 0.5) is 11.6 Å². The Morgan fingerprint density at radius 3 is 3.17 bits per heavy atom. The summed E-state index contributed by atoms with van der Waals surface area (Å²) < 4.78 is 5.31. The molecule has 3 heterocycles. The maximum atomic E-state index is 5.81. The minimum Gasteiger partial charge on any atom is -0.490 e. The molecule has 94 valence electrons. The molecular formula is C12H14N4OS. The van der Waals surface area contributed by atoms with Crippen LogP contribution in [0.3, 0.4) is 0 Å². The normalized spacial score (nSPS) is 14.4. The average Bonchev–Trinajstić information content (AvgIpc) is 2.85. The Morgan fingerprint density at radius 1 is 1.44 bits per heavy atom. The second kappa shape index (κ2) is 4.45. The monoisotopic (exact) mass is 262 g/mol. The summed E-state index contributed by atoms with van der Waals surface area (Å²) in [6.07, 6.45) is 2.52. The van der Waals surface area contributed by atoms with Crippen LogP contribution in [0.15, 0.2) is 17.8 Å². The number of hydrogen-bond donors (Lipinski definition) is 1. The summed E-state index contributed by atoms with van der Waals surface area (Å²) in [7, 11) is 1.60. The van der Waals surface area contributed by atoms with Gasteiger partial charge in [-0.25, -0.2) is 9.97 Å². The van der Waals surface area contributed by atoms with E-state index in [2.05, 4.69) is 26.3 Å². The van der Waals surface area contributed by atoms with Crippen LogP contribution in [0.1, 0.15) is 10.4 Å². The van der Waals surface area contributed by atoms with Gasteiger partial charge in [0.25, 0.3) is 0 Å². The number of rotatable bonds is 2. The molecule has 1 aliphatic heterocycles. The molecule has 1 aliphatic rings. The minimum atomic E-state index is 0.388. The fourth-order valence-electron chi connectivity index (χ4n) is 2.23. The summed E-state index contributed by atoms with van der Waals surface area (Å²) in [6.45, 7) is 1.78. The van der Waals surface area contributed by atoms with Crippen molar-refractivity contribution in [2.45, 2.75) is 13.0 Å². The molecule has 0 atom stereocenters. The largest absolute Gasteiger partial charge is 0.490 e. The van der Waals surface area contributed by atoms with Gasteiger partial charge in [0.1, 0.15) is 6.33 Å². The van der Waals surface area contributed by atoms with Crippen molar-refractivity contribution >= 4 is 23.0 Å². The van der Waals surface area contributed by atoms with Crippen LogP contribution in [0, 0.1) is 0 Å². The van der Waals surface area contributed by atoms with Gasteiger partial charge in [-0.1, -0.05) is 0 Å². The van der Waals surface area contributed by atoms with Crippen LogP contribution in [0.2, 0.25) is 0 Å². The van der Waals surface area contributed by atoms with Gasteiger partial charge in [-0.05, 0) is 23.4 Å². The number of anilines is 2. The first-order valence-electron chi connectivity index (χ1n) is 5.74. The first kappa shape index (κ1) is 11.3. The highest BCUT2D eigenvalue weighted by Crippen LogP contribution is 2.34. The summed E-state index contributed by atoms with van der Waals surface area (Å²) >= 11 is 1.82. The first-order valence-corrected chi connectivity index (χ1v) is 6.62. The van der Waals surface area contributed by atoms with E-state index in [1.54, 1.807) is 7.11 Å². The Bertz CT molecular complexity index is 569. The minimum absolute atomic E-state index is 0.388. The standard InChI is InChI=1S/C12H14N4OS/c1-17-10-11(13)14-7-15-12(10)16-4-2-9-8(6-16)3-5-18-9/h3,5,7H,2,4,6H2,1H3,(H2,13,14,15). The lowest BCUT2D eigenvalue weighted by Gasteiger charge is -2.29. The predicted molar refractivity (Wildman–Crippen MR) is 72.1 cm³/mol. The third-order valence-corrected chi connectivity index (χ3v) is 4.15. The summed E-state index contributed by atoms with van der Waals surface area (Å²) in [5.74, 6) is 1.73. The Kier molecular flexibility index (Phi) is 2.79. The van der Waals surface area contributed by atoms with Gasteiger partial charge in [0.05, 0.1) is 7.11 Å². The molecule has 0 aromatic carbocycles. The molecule has 0 bridgehead atoms. The maximum Gasteiger partial charge on any atom is 0.204 e. The Balaban J connectivity index is 1.95. The van der Waals surface area contributed by atoms with Gasteiger partial charge in [-0.3, -0.25) is 0 Å². The van der Waals surface area contributed by atoms with Crippen LogP contribution in [-0.4, -0.2) is 23.6 Å². The lowest BCUT2D eigenvalue weighted by Crippen LogP contribution is -2.30. The zero-order chi connectivity index (χ0) is 12.5. The van der Waals surface area contributed by atoms with Crippen LogP contribution < -0.4 is 15.4 Å². The molecule has 3 rings (SSSR count). The van der Waals surface area contributed by atoms with Crippen molar-refractivity contribution in [2.75, 3.05) is 24.3 Å². The molecule has 6 heteroatoms. The molecule has 0 fully saturated rings. The fraction of sp³-hybridized carbons (Fsp3) is 0.333. The molecule has 5 nitrogen and oxygen atoms in total. The van der Waals surface area contributed by atoms with E-state index < -0.39 is 0 Å². The van der Waals surface area contributed by atoms with Crippen molar-refractivity contribution in [3.63, 3.8) is 0 Å². The Morgan fingerprint density at radius 2 is 2.33 bits per heavy atom. The third-order valence-electron chi connectivity index (χ3n) is 3.12. The highest BCUT2D eigenvalue weighted by molar-refractivity contribution is 7.10. The van der Waals surface area contributed by atoms with Crippen molar-refractivity contribution in [3.05, 3.63) is 28.2 Å². The molecule has 0 radical (unpaired) electrons. The number of fused-ring (bicyclic) bond motifs is 1. The number of aromatic nitrogens is 2. The predicted octanol–water partition coefficient (Wildman–Crippen LogP) is 1.69. The molecule has 0 aliphatic carbocycles. The Hall–Kier alpha value is -1.82. The number of methoxy groups -OCH3 is 1. The zero-order valence-corrected chi connectivity index (χ0v) is 10.9. The number of nitrogen functional groups attached to an aromatic ring is 1. The summed E-state index contributed by atoms with van der Waals surface area (Å²) in [5.41, 5.74) is 7.18. The number of thiophene rings is 1. The smallest absolute Gasteiger partial charge is 0.204 e. The molecule has 2 aromatic heterocycles. The molecule has 0 unspecified atom stereocenters. The van der Waals surface area contributed by atoms with Crippen LogP contribution >= 0.6 is 11.3 Å². The molecular weight excluding hydrogens is 248 g/mol. The SMILES string of the molecule is COc1c(N)ncnc1N1CCc2sccc2C1. The molecule has 0 saturated heterocycles. The topological polar surface area (TPSA) is 64.3 Å². The van der Waals surface area contributed by atoms with E-state index in [1.807, 2.05) is 11.3 Å². The summed E-state index contributed by atoms with van der Waals surface area (Å²) in [4.78, 5) is 11.9. The van der Waals surface area contributed by atoms with E-state index in [-0.39, 0.29) is 0 Å². The van der Waals surface area contributed by atoms with E-state index >= 15 is 0 Å².